The van der Waals surface area contributed by atoms with E-state index in [2.05, 4.69) is 92.1 Å². The van der Waals surface area contributed by atoms with Crippen LogP contribution in [-0.4, -0.2) is 34.9 Å². The van der Waals surface area contributed by atoms with Gasteiger partial charge in [-0.05, 0) is 70.6 Å². The zero-order valence-electron chi connectivity index (χ0n) is 50.3. The summed E-state index contributed by atoms with van der Waals surface area (Å²) in [5, 5.41) is 23.3. The van der Waals surface area contributed by atoms with Crippen molar-refractivity contribution in [1.29, 1.82) is 0 Å². The molecule has 0 spiro atoms. The van der Waals surface area contributed by atoms with Crippen molar-refractivity contribution in [2.24, 2.45) is 0 Å². The summed E-state index contributed by atoms with van der Waals surface area (Å²) in [4.78, 5) is 12.5. The molecule has 4 nitrogen and oxygen atoms in total. The number of nitrogens with one attached hydrogen (secondary N) is 1. The first-order chi connectivity index (χ1) is 37.2. The van der Waals surface area contributed by atoms with Gasteiger partial charge in [-0.3, -0.25) is 4.79 Å². The first kappa shape index (κ1) is 72.6. The van der Waals surface area contributed by atoms with Crippen LogP contribution in [0.4, 0.5) is 0 Å². The minimum Gasteiger partial charge on any atom is -0.394 e. The maximum Gasteiger partial charge on any atom is 0.220 e. The molecule has 0 aromatic rings. The van der Waals surface area contributed by atoms with E-state index < -0.39 is 12.1 Å². The lowest BCUT2D eigenvalue weighted by Crippen LogP contribution is -2.45. The first-order valence-electron chi connectivity index (χ1n) is 33.3. The fraction of sp³-hybridized carbons (Fsp3) is 0.789. The lowest BCUT2D eigenvalue weighted by atomic mass is 10.0. The third-order valence-electron chi connectivity index (χ3n) is 15.1. The van der Waals surface area contributed by atoms with Crippen LogP contribution in [-0.2, 0) is 4.79 Å². The number of hydrogen-bond acceptors (Lipinski definition) is 3. The third-order valence-corrected chi connectivity index (χ3v) is 15.1. The maximum atomic E-state index is 12.5. The highest BCUT2D eigenvalue weighted by atomic mass is 16.3. The molecule has 0 aromatic heterocycles. The van der Waals surface area contributed by atoms with E-state index in [1.807, 2.05) is 6.08 Å². The van der Waals surface area contributed by atoms with Gasteiger partial charge >= 0.3 is 0 Å². The van der Waals surface area contributed by atoms with Gasteiger partial charge in [0.05, 0.1) is 18.8 Å². The summed E-state index contributed by atoms with van der Waals surface area (Å²) >= 11 is 0. The van der Waals surface area contributed by atoms with Crippen molar-refractivity contribution in [1.82, 2.24) is 5.32 Å². The molecule has 0 saturated carbocycles. The molecule has 75 heavy (non-hydrogen) atoms. The molecule has 0 heterocycles. The topological polar surface area (TPSA) is 69.6 Å². The molecule has 0 bridgehead atoms. The van der Waals surface area contributed by atoms with Crippen LogP contribution in [0.1, 0.15) is 341 Å². The van der Waals surface area contributed by atoms with Gasteiger partial charge in [-0.1, -0.05) is 349 Å². The molecule has 0 aromatic carbocycles. The lowest BCUT2D eigenvalue weighted by Gasteiger charge is -2.20. The first-order valence-corrected chi connectivity index (χ1v) is 33.3. The van der Waals surface area contributed by atoms with E-state index >= 15 is 0 Å². The molecule has 1 amide bonds. The van der Waals surface area contributed by atoms with Gasteiger partial charge in [-0.25, -0.2) is 0 Å². The van der Waals surface area contributed by atoms with Crippen LogP contribution in [0.25, 0.3) is 0 Å². The SMILES string of the molecule is CC/C=C\C/C=C\C/C=C\C/C=C\C/C=C\C/C=C\CCCCCCCCCCCCCCCCCCCCCCC(=O)NC(CO)C(O)/C=C/CCCCCCCCCCCCCCCCCCCCCCCC. The standard InChI is InChI=1S/C71H129NO3/c1-3-5-7-9-11-13-15-17-19-21-23-25-27-29-30-31-32-33-34-35-36-37-38-39-40-41-42-43-45-47-49-51-53-55-57-59-61-63-65-67-71(75)72-69(68-73)70(74)66-64-62-60-58-56-54-52-50-48-46-44-28-26-24-22-20-18-16-14-12-10-8-6-4-2/h5,7,11,13,17,19,23,25,29-30,32-33,64,66,69-70,73-74H,3-4,6,8-10,12,14-16,18,20-22,24,26-28,31,34-63,65,67-68H2,1-2H3,(H,72,75)/b7-5-,13-11-,19-17-,25-23-,30-29-,33-32-,66-64+. The molecule has 0 aliphatic carbocycles. The predicted molar refractivity (Wildman–Crippen MR) is 336 cm³/mol. The average Bonchev–Trinajstić information content (AvgIpc) is 3.41. The van der Waals surface area contributed by atoms with Crippen molar-refractivity contribution >= 4 is 5.91 Å². The second-order valence-corrected chi connectivity index (χ2v) is 22.5. The smallest absolute Gasteiger partial charge is 0.220 e. The number of carbonyl (C=O) groups is 1. The second kappa shape index (κ2) is 65.9. The van der Waals surface area contributed by atoms with Crippen molar-refractivity contribution in [2.75, 3.05) is 6.61 Å². The van der Waals surface area contributed by atoms with E-state index in [-0.39, 0.29) is 12.5 Å². The third kappa shape index (κ3) is 62.3. The molecular formula is C71H129NO3. The summed E-state index contributed by atoms with van der Waals surface area (Å²) < 4.78 is 0. The monoisotopic (exact) mass is 1040 g/mol. The number of aliphatic hydroxyl groups excluding tert-OH is 2. The van der Waals surface area contributed by atoms with Crippen LogP contribution in [0, 0.1) is 0 Å². The number of aliphatic hydroxyl groups is 2. The Morgan fingerprint density at radius 2 is 0.587 bits per heavy atom. The predicted octanol–water partition coefficient (Wildman–Crippen LogP) is 22.7. The quantitative estimate of drug-likeness (QED) is 0.0420. The van der Waals surface area contributed by atoms with Crippen molar-refractivity contribution in [2.45, 2.75) is 353 Å². The van der Waals surface area contributed by atoms with Gasteiger partial charge in [0.2, 0.25) is 5.91 Å². The Bertz CT molecular complexity index is 1320. The Kier molecular flexibility index (Phi) is 63.7. The molecule has 0 fully saturated rings. The van der Waals surface area contributed by atoms with Crippen molar-refractivity contribution in [3.05, 3.63) is 85.1 Å². The lowest BCUT2D eigenvalue weighted by molar-refractivity contribution is -0.123. The van der Waals surface area contributed by atoms with Gasteiger partial charge in [0, 0.05) is 6.42 Å². The number of allylic oxidation sites excluding steroid dienone is 13. The number of carbonyl (C=O) groups excluding carboxylic acids is 1. The maximum absolute atomic E-state index is 12.5. The average molecular weight is 1040 g/mol. The highest BCUT2D eigenvalue weighted by Crippen LogP contribution is 2.18. The Morgan fingerprint density at radius 3 is 0.880 bits per heavy atom. The molecule has 2 unspecified atom stereocenters. The van der Waals surface area contributed by atoms with E-state index in [9.17, 15) is 15.0 Å². The summed E-state index contributed by atoms with van der Waals surface area (Å²) in [6.07, 6.45) is 96.5. The van der Waals surface area contributed by atoms with Crippen LogP contribution in [0.2, 0.25) is 0 Å². The Labute approximate surface area is 469 Å². The summed E-state index contributed by atoms with van der Waals surface area (Å²) in [6, 6.07) is -0.625. The minimum atomic E-state index is -0.842. The number of hydrogen-bond donors (Lipinski definition) is 3. The van der Waals surface area contributed by atoms with Crippen LogP contribution in [0.5, 0.6) is 0 Å². The summed E-state index contributed by atoms with van der Waals surface area (Å²) in [6.45, 7) is 4.22. The molecule has 2 atom stereocenters. The molecule has 0 saturated heterocycles. The number of unbranched alkanes of at least 4 members (excludes halogenated alkanes) is 42. The van der Waals surface area contributed by atoms with Gasteiger partial charge in [-0.2, -0.15) is 0 Å². The van der Waals surface area contributed by atoms with Crippen LogP contribution in [0.15, 0.2) is 85.1 Å². The number of amides is 1. The molecular weight excluding hydrogens is 915 g/mol. The molecule has 4 heteroatoms. The Hall–Kier alpha value is -2.43. The zero-order valence-corrected chi connectivity index (χ0v) is 50.3. The van der Waals surface area contributed by atoms with Gasteiger partial charge in [0.15, 0.2) is 0 Å². The molecule has 0 radical (unpaired) electrons. The van der Waals surface area contributed by atoms with Crippen LogP contribution >= 0.6 is 0 Å². The van der Waals surface area contributed by atoms with Crippen molar-refractivity contribution < 1.29 is 15.0 Å². The molecule has 0 rings (SSSR count). The Balaban J connectivity index is 3.46. The summed E-state index contributed by atoms with van der Waals surface area (Å²) in [7, 11) is 0. The van der Waals surface area contributed by atoms with Gasteiger partial charge in [0.1, 0.15) is 0 Å². The number of rotatable bonds is 61. The highest BCUT2D eigenvalue weighted by Gasteiger charge is 2.18. The van der Waals surface area contributed by atoms with Crippen molar-refractivity contribution in [3.8, 4) is 0 Å². The van der Waals surface area contributed by atoms with Gasteiger partial charge < -0.3 is 15.5 Å². The molecule has 0 aliphatic heterocycles. The highest BCUT2D eigenvalue weighted by molar-refractivity contribution is 5.76. The molecule has 3 N–H and O–H groups in total. The normalized spacial score (nSPS) is 13.3. The zero-order chi connectivity index (χ0) is 54.1. The minimum absolute atomic E-state index is 0.0595. The van der Waals surface area contributed by atoms with E-state index in [1.165, 1.54) is 257 Å². The molecule has 436 valence electrons. The van der Waals surface area contributed by atoms with Gasteiger partial charge in [-0.15, -0.1) is 0 Å². The fourth-order valence-corrected chi connectivity index (χ4v) is 10.1. The van der Waals surface area contributed by atoms with Crippen LogP contribution in [0.3, 0.4) is 0 Å². The van der Waals surface area contributed by atoms with E-state index in [0.717, 1.165) is 64.2 Å². The molecule has 0 aliphatic rings. The van der Waals surface area contributed by atoms with Gasteiger partial charge in [0.25, 0.3) is 0 Å². The Morgan fingerprint density at radius 1 is 0.333 bits per heavy atom. The van der Waals surface area contributed by atoms with E-state index in [4.69, 9.17) is 0 Å². The van der Waals surface area contributed by atoms with Crippen LogP contribution < -0.4 is 5.32 Å². The second-order valence-electron chi connectivity index (χ2n) is 22.5. The summed E-state index contributed by atoms with van der Waals surface area (Å²) in [5.41, 5.74) is 0. The largest absolute Gasteiger partial charge is 0.394 e. The van der Waals surface area contributed by atoms with E-state index in [1.54, 1.807) is 6.08 Å². The van der Waals surface area contributed by atoms with E-state index in [0.29, 0.717) is 6.42 Å². The summed E-state index contributed by atoms with van der Waals surface area (Å²) in [5.74, 6) is -0.0595. The fourth-order valence-electron chi connectivity index (χ4n) is 10.1. The van der Waals surface area contributed by atoms with Crippen molar-refractivity contribution in [3.63, 3.8) is 0 Å².